The third-order valence-corrected chi connectivity index (χ3v) is 7.95. The number of piperidine rings is 1. The maximum atomic E-state index is 14.0. The summed E-state index contributed by atoms with van der Waals surface area (Å²) in [6.45, 7) is 9.99. The quantitative estimate of drug-likeness (QED) is 0.358. The van der Waals surface area contributed by atoms with E-state index in [0.717, 1.165) is 19.3 Å². The van der Waals surface area contributed by atoms with Crippen molar-refractivity contribution < 1.29 is 28.1 Å². The topological polar surface area (TPSA) is 151 Å². The van der Waals surface area contributed by atoms with Gasteiger partial charge in [0.15, 0.2) is 0 Å². The third kappa shape index (κ3) is 6.26. The lowest BCUT2D eigenvalue weighted by molar-refractivity contribution is -0.145. The Balaban J connectivity index is 1.92. The molecule has 1 aliphatic heterocycles. The molecule has 1 saturated heterocycles. The SMILES string of the molecule is [2H]C([2H])([2H])C1(C)[C@@H]2[C@@H](C(=O)NC(CC3CCC3)C(=O)C(N)=O)N(C(=O)[C@@H](NC(=O)NC(C)(C)C)C(C)(C)C)C[C@@H]21. The molecule has 3 fully saturated rings. The van der Waals surface area contributed by atoms with Gasteiger partial charge in [-0.2, -0.15) is 0 Å². The zero-order valence-electron chi connectivity index (χ0n) is 26.1. The zero-order valence-corrected chi connectivity index (χ0v) is 23.1. The molecule has 0 bridgehead atoms. The summed E-state index contributed by atoms with van der Waals surface area (Å²) in [5.41, 5.74) is 2.76. The van der Waals surface area contributed by atoms with Gasteiger partial charge in [0.25, 0.3) is 5.91 Å². The van der Waals surface area contributed by atoms with Gasteiger partial charge in [0, 0.05) is 16.2 Å². The van der Waals surface area contributed by atoms with E-state index >= 15 is 0 Å². The first-order valence-electron chi connectivity index (χ1n) is 14.6. The summed E-state index contributed by atoms with van der Waals surface area (Å²) < 4.78 is 24.3. The number of urea groups is 1. The summed E-state index contributed by atoms with van der Waals surface area (Å²) in [6, 6.07) is -3.92. The Hall–Kier alpha value is -2.65. The molecule has 2 saturated carbocycles. The number of Topliss-reactive ketones (excluding diaryl/α,β-unsaturated/α-hetero) is 1. The molecule has 2 unspecified atom stereocenters. The summed E-state index contributed by atoms with van der Waals surface area (Å²) in [5.74, 6) is -4.29. The van der Waals surface area contributed by atoms with Gasteiger partial charge >= 0.3 is 6.03 Å². The standard InChI is InChI=1S/C27H45N5O5/c1-25(2,3)20(30-24(37)31-26(4,5)6)23(36)32-13-15-17(27(15,7)8)18(32)22(35)29-16(19(33)21(28)34)12-14-10-9-11-14/h14-18,20H,9-13H2,1-8H3,(H2,28,34)(H,29,35)(H2,30,31,37)/t15-,16?,17-,18-,20+/m0/s1/i7D3/t15-,16?,17-,18-,20+,27?. The van der Waals surface area contributed by atoms with Crippen LogP contribution >= 0.6 is 0 Å². The van der Waals surface area contributed by atoms with Crippen LogP contribution in [0.3, 0.4) is 0 Å². The Morgan fingerprint density at radius 3 is 2.16 bits per heavy atom. The minimum Gasteiger partial charge on any atom is -0.363 e. The number of likely N-dealkylation sites (tertiary alicyclic amines) is 1. The Kier molecular flexibility index (Phi) is 6.61. The van der Waals surface area contributed by atoms with Gasteiger partial charge in [-0.1, -0.05) is 53.8 Å². The lowest BCUT2D eigenvalue weighted by Crippen LogP contribution is -2.62. The highest BCUT2D eigenvalue weighted by Crippen LogP contribution is 2.65. The van der Waals surface area contributed by atoms with Crippen LogP contribution in [0.15, 0.2) is 0 Å². The van der Waals surface area contributed by atoms with Gasteiger partial charge in [-0.3, -0.25) is 19.2 Å². The lowest BCUT2D eigenvalue weighted by Gasteiger charge is -2.38. The van der Waals surface area contributed by atoms with E-state index < -0.39 is 82.7 Å². The molecule has 208 valence electrons. The number of carbonyl (C=O) groups excluding carboxylic acids is 5. The number of hydrogen-bond donors (Lipinski definition) is 4. The van der Waals surface area contributed by atoms with Crippen LogP contribution in [0, 0.1) is 28.6 Å². The van der Waals surface area contributed by atoms with Crippen molar-refractivity contribution in [2.24, 2.45) is 34.3 Å². The van der Waals surface area contributed by atoms with Gasteiger partial charge in [0.2, 0.25) is 17.6 Å². The van der Waals surface area contributed by atoms with Crippen molar-refractivity contribution in [3.63, 3.8) is 0 Å². The van der Waals surface area contributed by atoms with Crippen molar-refractivity contribution in [3.8, 4) is 0 Å². The summed E-state index contributed by atoms with van der Waals surface area (Å²) in [6.07, 6.45) is 2.97. The zero-order chi connectivity index (χ0) is 30.6. The van der Waals surface area contributed by atoms with Crippen LogP contribution in [0.4, 0.5) is 4.79 Å². The van der Waals surface area contributed by atoms with E-state index in [1.807, 2.05) is 0 Å². The maximum Gasteiger partial charge on any atom is 0.315 e. The molecule has 10 nitrogen and oxygen atoms in total. The van der Waals surface area contributed by atoms with Gasteiger partial charge in [0.05, 0.1) is 6.04 Å². The van der Waals surface area contributed by atoms with E-state index in [1.54, 1.807) is 48.5 Å². The highest BCUT2D eigenvalue weighted by molar-refractivity contribution is 6.37. The van der Waals surface area contributed by atoms with E-state index in [1.165, 1.54) is 4.90 Å². The highest BCUT2D eigenvalue weighted by Gasteiger charge is 2.70. The molecule has 3 rings (SSSR count). The van der Waals surface area contributed by atoms with Crippen molar-refractivity contribution in [1.82, 2.24) is 20.9 Å². The largest absolute Gasteiger partial charge is 0.363 e. The smallest absolute Gasteiger partial charge is 0.315 e. The number of hydrogen-bond acceptors (Lipinski definition) is 5. The van der Waals surface area contributed by atoms with Gasteiger partial charge in [-0.05, 0) is 55.8 Å². The average molecular weight is 523 g/mol. The summed E-state index contributed by atoms with van der Waals surface area (Å²) >= 11 is 0. The number of carbonyl (C=O) groups is 5. The van der Waals surface area contributed by atoms with E-state index in [0.29, 0.717) is 0 Å². The molecule has 1 heterocycles. The van der Waals surface area contributed by atoms with Crippen LogP contribution in [0.1, 0.15) is 85.1 Å². The number of fused-ring (bicyclic) bond motifs is 1. The van der Waals surface area contributed by atoms with E-state index in [-0.39, 0.29) is 18.9 Å². The molecule has 0 aromatic rings. The van der Waals surface area contributed by atoms with Gasteiger partial charge < -0.3 is 26.6 Å². The summed E-state index contributed by atoms with van der Waals surface area (Å²) in [7, 11) is 0. The second-order valence-corrected chi connectivity index (χ2v) is 13.3. The fourth-order valence-corrected chi connectivity index (χ4v) is 5.58. The monoisotopic (exact) mass is 522 g/mol. The Labute approximate surface area is 224 Å². The molecule has 0 aromatic heterocycles. The molecule has 5 N–H and O–H groups in total. The highest BCUT2D eigenvalue weighted by atomic mass is 16.2. The fourth-order valence-electron chi connectivity index (χ4n) is 5.58. The normalized spacial score (nSPS) is 30.4. The summed E-state index contributed by atoms with van der Waals surface area (Å²) in [5, 5.41) is 8.17. The van der Waals surface area contributed by atoms with Crippen LogP contribution in [-0.4, -0.2) is 64.6 Å². The minimum atomic E-state index is -2.38. The average Bonchev–Trinajstić information content (AvgIpc) is 3.14. The molecule has 0 aromatic carbocycles. The first-order chi connectivity index (χ1) is 18.1. The minimum absolute atomic E-state index is 0.0166. The van der Waals surface area contributed by atoms with E-state index in [4.69, 9.17) is 9.85 Å². The second kappa shape index (κ2) is 9.91. The molecule has 3 aliphatic rings. The van der Waals surface area contributed by atoms with Crippen molar-refractivity contribution in [3.05, 3.63) is 0 Å². The van der Waals surface area contributed by atoms with Crippen LogP contribution in [0.25, 0.3) is 0 Å². The van der Waals surface area contributed by atoms with Gasteiger partial charge in [-0.25, -0.2) is 4.79 Å². The number of nitrogens with one attached hydrogen (secondary N) is 3. The predicted molar refractivity (Wildman–Crippen MR) is 139 cm³/mol. The molecule has 5 amide bonds. The van der Waals surface area contributed by atoms with Crippen LogP contribution < -0.4 is 21.7 Å². The predicted octanol–water partition coefficient (Wildman–Crippen LogP) is 1.71. The number of amides is 5. The van der Waals surface area contributed by atoms with Crippen LogP contribution in [0.2, 0.25) is 0 Å². The van der Waals surface area contributed by atoms with Crippen LogP contribution in [-0.2, 0) is 19.2 Å². The van der Waals surface area contributed by atoms with E-state index in [9.17, 15) is 24.0 Å². The molecule has 37 heavy (non-hydrogen) atoms. The Morgan fingerprint density at radius 2 is 1.70 bits per heavy atom. The molecule has 10 heteroatoms. The third-order valence-electron chi connectivity index (χ3n) is 7.95. The number of primary amides is 1. The van der Waals surface area contributed by atoms with Gasteiger partial charge in [-0.15, -0.1) is 0 Å². The fraction of sp³-hybridized carbons (Fsp3) is 0.815. The van der Waals surface area contributed by atoms with E-state index in [2.05, 4.69) is 16.0 Å². The summed E-state index contributed by atoms with van der Waals surface area (Å²) in [4.78, 5) is 66.3. The maximum absolute atomic E-state index is 14.0. The number of ketones is 1. The molecule has 6 atom stereocenters. The molecular formula is C27H45N5O5. The molecule has 0 spiro atoms. The molecule has 0 radical (unpaired) electrons. The van der Waals surface area contributed by atoms with Crippen molar-refractivity contribution in [2.45, 2.75) is 105 Å². The van der Waals surface area contributed by atoms with Crippen molar-refractivity contribution in [1.29, 1.82) is 0 Å². The number of nitrogens with two attached hydrogens (primary N) is 1. The first kappa shape index (κ1) is 24.7. The Morgan fingerprint density at radius 1 is 1.08 bits per heavy atom. The molecule has 2 aliphatic carbocycles. The first-order valence-corrected chi connectivity index (χ1v) is 13.1. The number of rotatable bonds is 8. The van der Waals surface area contributed by atoms with Crippen LogP contribution in [0.5, 0.6) is 0 Å². The van der Waals surface area contributed by atoms with Crippen molar-refractivity contribution >= 4 is 29.5 Å². The van der Waals surface area contributed by atoms with Gasteiger partial charge in [0.1, 0.15) is 12.1 Å². The van der Waals surface area contributed by atoms with Crippen molar-refractivity contribution in [2.75, 3.05) is 6.54 Å². The molecular weight excluding hydrogens is 474 g/mol. The lowest BCUT2D eigenvalue weighted by atomic mass is 9.80. The number of nitrogens with zero attached hydrogens (tertiary/aromatic N) is 1. The second-order valence-electron chi connectivity index (χ2n) is 13.3. The Bertz CT molecular complexity index is 1060.